The third-order valence-electron chi connectivity index (χ3n) is 1.48. The lowest BCUT2D eigenvalue weighted by Crippen LogP contribution is -1.90. The van der Waals surface area contributed by atoms with Crippen LogP contribution in [0.15, 0.2) is 30.3 Å². The van der Waals surface area contributed by atoms with Crippen molar-refractivity contribution >= 4 is 17.7 Å². The maximum absolute atomic E-state index is 5.46. The van der Waals surface area contributed by atoms with Crippen molar-refractivity contribution in [2.24, 2.45) is 0 Å². The topological polar surface area (TPSA) is 9.23 Å². The average Bonchev–Trinajstić information content (AvgIpc) is 2.09. The van der Waals surface area contributed by atoms with Crippen LogP contribution in [0.25, 0.3) is 6.08 Å². The van der Waals surface area contributed by atoms with Crippen LogP contribution in [0.4, 0.5) is 0 Å². The molecule has 1 aromatic carbocycles. The summed E-state index contributed by atoms with van der Waals surface area (Å²) in [6, 6.07) is 7.97. The van der Waals surface area contributed by atoms with Gasteiger partial charge in [-0.25, -0.2) is 0 Å². The Morgan fingerprint density at radius 2 is 2.17 bits per heavy atom. The molecule has 0 amide bonds. The van der Waals surface area contributed by atoms with Gasteiger partial charge >= 0.3 is 0 Å². The SMILES string of the molecule is C/C=C/c1ccccc1OCCl. The molecule has 0 aromatic heterocycles. The molecule has 0 radical (unpaired) electrons. The molecule has 2 heteroatoms. The van der Waals surface area contributed by atoms with Gasteiger partial charge in [-0.15, -0.1) is 0 Å². The van der Waals surface area contributed by atoms with Gasteiger partial charge in [0.25, 0.3) is 0 Å². The molecule has 0 saturated heterocycles. The van der Waals surface area contributed by atoms with Crippen molar-refractivity contribution in [3.63, 3.8) is 0 Å². The Bertz CT molecular complexity index is 268. The van der Waals surface area contributed by atoms with E-state index in [1.165, 1.54) is 0 Å². The van der Waals surface area contributed by atoms with E-state index < -0.39 is 0 Å². The van der Waals surface area contributed by atoms with Crippen molar-refractivity contribution in [1.82, 2.24) is 0 Å². The Hall–Kier alpha value is -0.950. The van der Waals surface area contributed by atoms with Crippen molar-refractivity contribution in [3.05, 3.63) is 35.9 Å². The Morgan fingerprint density at radius 3 is 2.83 bits per heavy atom. The van der Waals surface area contributed by atoms with Crippen LogP contribution in [-0.4, -0.2) is 6.07 Å². The number of ether oxygens (including phenoxy) is 1. The molecule has 0 saturated carbocycles. The molecule has 0 aliphatic heterocycles. The normalized spacial score (nSPS) is 10.5. The third kappa shape index (κ3) is 2.28. The number of alkyl halides is 1. The molecule has 0 N–H and O–H groups in total. The largest absolute Gasteiger partial charge is 0.477 e. The molecule has 0 heterocycles. The van der Waals surface area contributed by atoms with Crippen LogP contribution in [0.3, 0.4) is 0 Å². The Balaban J connectivity index is 2.91. The number of allylic oxidation sites excluding steroid dienone is 1. The Labute approximate surface area is 77.6 Å². The molecule has 12 heavy (non-hydrogen) atoms. The fraction of sp³-hybridized carbons (Fsp3) is 0.200. The molecule has 1 nitrogen and oxygen atoms in total. The molecule has 0 atom stereocenters. The summed E-state index contributed by atoms with van der Waals surface area (Å²) in [4.78, 5) is 0. The van der Waals surface area contributed by atoms with E-state index in [2.05, 4.69) is 0 Å². The van der Waals surface area contributed by atoms with Crippen molar-refractivity contribution in [1.29, 1.82) is 0 Å². The highest BCUT2D eigenvalue weighted by molar-refractivity contribution is 6.17. The summed E-state index contributed by atoms with van der Waals surface area (Å²) < 4.78 is 5.20. The third-order valence-corrected chi connectivity index (χ3v) is 1.58. The monoisotopic (exact) mass is 182 g/mol. The van der Waals surface area contributed by atoms with E-state index in [4.69, 9.17) is 16.3 Å². The summed E-state index contributed by atoms with van der Waals surface area (Å²) >= 11 is 5.46. The molecule has 0 fully saturated rings. The molecule has 0 spiro atoms. The first kappa shape index (κ1) is 9.14. The van der Waals surface area contributed by atoms with E-state index in [1.54, 1.807) is 0 Å². The van der Waals surface area contributed by atoms with Crippen LogP contribution >= 0.6 is 11.6 Å². The predicted molar refractivity (Wildman–Crippen MR) is 52.5 cm³/mol. The highest BCUT2D eigenvalue weighted by Crippen LogP contribution is 2.19. The minimum absolute atomic E-state index is 0.189. The first-order valence-corrected chi connectivity index (χ1v) is 4.32. The summed E-state index contributed by atoms with van der Waals surface area (Å²) in [5.74, 6) is 0.825. The summed E-state index contributed by atoms with van der Waals surface area (Å²) in [7, 11) is 0. The van der Waals surface area contributed by atoms with E-state index in [-0.39, 0.29) is 6.07 Å². The van der Waals surface area contributed by atoms with Gasteiger partial charge in [0, 0.05) is 5.56 Å². The lowest BCUT2D eigenvalue weighted by atomic mass is 10.2. The maximum atomic E-state index is 5.46. The van der Waals surface area contributed by atoms with Crippen LogP contribution in [0.1, 0.15) is 12.5 Å². The van der Waals surface area contributed by atoms with E-state index in [1.807, 2.05) is 43.3 Å². The van der Waals surface area contributed by atoms with E-state index >= 15 is 0 Å². The first-order chi connectivity index (χ1) is 5.88. The second kappa shape index (κ2) is 4.83. The molecule has 0 aliphatic rings. The number of para-hydroxylation sites is 1. The number of rotatable bonds is 3. The van der Waals surface area contributed by atoms with Crippen LogP contribution in [0.2, 0.25) is 0 Å². The van der Waals surface area contributed by atoms with Crippen molar-refractivity contribution in [2.45, 2.75) is 6.92 Å². The molecule has 1 rings (SSSR count). The quantitative estimate of drug-likeness (QED) is 0.652. The van der Waals surface area contributed by atoms with Gasteiger partial charge in [-0.3, -0.25) is 0 Å². The van der Waals surface area contributed by atoms with Gasteiger partial charge in [0.15, 0.2) is 6.07 Å². The van der Waals surface area contributed by atoms with Gasteiger partial charge in [0.1, 0.15) is 5.75 Å². The zero-order chi connectivity index (χ0) is 8.81. The molecule has 0 bridgehead atoms. The van der Waals surface area contributed by atoms with E-state index in [9.17, 15) is 0 Å². The minimum Gasteiger partial charge on any atom is -0.477 e. The van der Waals surface area contributed by atoms with Gasteiger partial charge in [-0.1, -0.05) is 42.0 Å². The van der Waals surface area contributed by atoms with Crippen molar-refractivity contribution in [2.75, 3.05) is 6.07 Å². The maximum Gasteiger partial charge on any atom is 0.162 e. The highest BCUT2D eigenvalue weighted by Gasteiger charge is 1.96. The lowest BCUT2D eigenvalue weighted by molar-refractivity contribution is 0.387. The Kier molecular flexibility index (Phi) is 3.68. The molecular weight excluding hydrogens is 172 g/mol. The van der Waals surface area contributed by atoms with E-state index in [0.29, 0.717) is 0 Å². The smallest absolute Gasteiger partial charge is 0.162 e. The molecule has 0 aliphatic carbocycles. The van der Waals surface area contributed by atoms with Crippen LogP contribution in [0, 0.1) is 0 Å². The number of benzene rings is 1. The fourth-order valence-corrected chi connectivity index (χ4v) is 1.11. The fourth-order valence-electron chi connectivity index (χ4n) is 0.988. The summed E-state index contributed by atoms with van der Waals surface area (Å²) in [5.41, 5.74) is 1.06. The highest BCUT2D eigenvalue weighted by atomic mass is 35.5. The molecular formula is C10H11ClO. The van der Waals surface area contributed by atoms with Crippen molar-refractivity contribution < 1.29 is 4.74 Å². The standard InChI is InChI=1S/C10H11ClO/c1-2-5-9-6-3-4-7-10(9)12-8-11/h2-7H,8H2,1H3/b5-2+. The lowest BCUT2D eigenvalue weighted by Gasteiger charge is -2.04. The van der Waals surface area contributed by atoms with Gasteiger partial charge in [-0.2, -0.15) is 0 Å². The summed E-state index contributed by atoms with van der Waals surface area (Å²) in [6.07, 6.45) is 3.96. The minimum atomic E-state index is 0.189. The zero-order valence-corrected chi connectivity index (χ0v) is 7.71. The van der Waals surface area contributed by atoms with E-state index in [0.717, 1.165) is 11.3 Å². The van der Waals surface area contributed by atoms with Gasteiger partial charge in [-0.05, 0) is 13.0 Å². The molecule has 64 valence electrons. The Morgan fingerprint density at radius 1 is 1.42 bits per heavy atom. The number of hydrogen-bond acceptors (Lipinski definition) is 1. The van der Waals surface area contributed by atoms with Gasteiger partial charge in [0.2, 0.25) is 0 Å². The second-order valence-corrected chi connectivity index (χ2v) is 2.51. The van der Waals surface area contributed by atoms with Gasteiger partial charge in [0.05, 0.1) is 0 Å². The molecule has 1 aromatic rings. The van der Waals surface area contributed by atoms with Crippen molar-refractivity contribution in [3.8, 4) is 5.75 Å². The first-order valence-electron chi connectivity index (χ1n) is 3.79. The van der Waals surface area contributed by atoms with Crippen LogP contribution in [0.5, 0.6) is 5.75 Å². The summed E-state index contributed by atoms with van der Waals surface area (Å²) in [6.45, 7) is 1.97. The zero-order valence-electron chi connectivity index (χ0n) is 6.96. The number of hydrogen-bond donors (Lipinski definition) is 0. The number of halogens is 1. The predicted octanol–water partition coefficient (Wildman–Crippen LogP) is 3.29. The second-order valence-electron chi connectivity index (χ2n) is 2.29. The summed E-state index contributed by atoms with van der Waals surface area (Å²) in [5, 5.41) is 0. The molecule has 0 unspecified atom stereocenters. The van der Waals surface area contributed by atoms with Crippen LogP contribution in [-0.2, 0) is 0 Å². The van der Waals surface area contributed by atoms with Crippen LogP contribution < -0.4 is 4.74 Å². The van der Waals surface area contributed by atoms with Gasteiger partial charge < -0.3 is 4.74 Å². The average molecular weight is 183 g/mol.